The molecule has 0 unspecified atom stereocenters. The van der Waals surface area contributed by atoms with Gasteiger partial charge in [-0.05, 0) is 72.2 Å². The van der Waals surface area contributed by atoms with Crippen LogP contribution in [0.15, 0.2) is 60.7 Å². The fourth-order valence-corrected chi connectivity index (χ4v) is 3.80. The number of aryl methyl sites for hydroxylation is 2. The highest BCUT2D eigenvalue weighted by atomic mass is 16.5. The Morgan fingerprint density at radius 1 is 0.963 bits per heavy atom. The van der Waals surface area contributed by atoms with Gasteiger partial charge in [0.15, 0.2) is 6.61 Å². The Hall–Kier alpha value is -2.81. The summed E-state index contributed by atoms with van der Waals surface area (Å²) in [5, 5.41) is 5.32. The molecule has 0 fully saturated rings. The summed E-state index contributed by atoms with van der Waals surface area (Å²) in [6.45, 7) is 2.05. The van der Waals surface area contributed by atoms with Gasteiger partial charge in [0.1, 0.15) is 5.75 Å². The van der Waals surface area contributed by atoms with Crippen LogP contribution in [0.4, 0.5) is 0 Å². The van der Waals surface area contributed by atoms with Crippen molar-refractivity contribution in [2.45, 2.75) is 38.6 Å². The van der Waals surface area contributed by atoms with E-state index in [0.717, 1.165) is 22.8 Å². The highest BCUT2D eigenvalue weighted by molar-refractivity contribution is 5.84. The third kappa shape index (κ3) is 4.13. The molecule has 0 spiro atoms. The third-order valence-electron chi connectivity index (χ3n) is 5.34. The molecule has 0 aromatic heterocycles. The maximum atomic E-state index is 12.3. The minimum Gasteiger partial charge on any atom is -0.484 e. The van der Waals surface area contributed by atoms with Gasteiger partial charge in [0.25, 0.3) is 5.91 Å². The van der Waals surface area contributed by atoms with Crippen molar-refractivity contribution in [2.24, 2.45) is 0 Å². The van der Waals surface area contributed by atoms with Gasteiger partial charge in [0, 0.05) is 0 Å². The highest BCUT2D eigenvalue weighted by Gasteiger charge is 2.14. The van der Waals surface area contributed by atoms with Crippen molar-refractivity contribution in [1.29, 1.82) is 0 Å². The average Bonchev–Trinajstić information content (AvgIpc) is 2.71. The third-order valence-corrected chi connectivity index (χ3v) is 5.34. The summed E-state index contributed by atoms with van der Waals surface area (Å²) in [6.07, 6.45) is 4.87. The molecule has 0 heterocycles. The molecule has 4 rings (SSSR count). The van der Waals surface area contributed by atoms with Crippen molar-refractivity contribution in [2.75, 3.05) is 6.61 Å². The van der Waals surface area contributed by atoms with Crippen LogP contribution in [0, 0.1) is 0 Å². The van der Waals surface area contributed by atoms with Gasteiger partial charge < -0.3 is 10.1 Å². The average molecular weight is 359 g/mol. The molecule has 138 valence electrons. The Balaban J connectivity index is 1.35. The molecule has 0 saturated carbocycles. The Labute approximate surface area is 160 Å². The molecular formula is C24H25NO2. The van der Waals surface area contributed by atoms with E-state index in [9.17, 15) is 4.79 Å². The number of fused-ring (bicyclic) bond motifs is 2. The van der Waals surface area contributed by atoms with Gasteiger partial charge >= 0.3 is 0 Å². The van der Waals surface area contributed by atoms with Gasteiger partial charge in [-0.25, -0.2) is 0 Å². The molecule has 1 atom stereocenters. The Morgan fingerprint density at radius 2 is 1.74 bits per heavy atom. The van der Waals surface area contributed by atoms with Crippen LogP contribution in [0.3, 0.4) is 0 Å². The van der Waals surface area contributed by atoms with Gasteiger partial charge in [-0.3, -0.25) is 4.79 Å². The molecule has 3 aromatic carbocycles. The zero-order valence-electron chi connectivity index (χ0n) is 15.7. The van der Waals surface area contributed by atoms with Gasteiger partial charge in [0.2, 0.25) is 0 Å². The van der Waals surface area contributed by atoms with Crippen LogP contribution in [0.2, 0.25) is 0 Å². The molecule has 1 aliphatic carbocycles. The summed E-state index contributed by atoms with van der Waals surface area (Å²) < 4.78 is 5.69. The highest BCUT2D eigenvalue weighted by Crippen LogP contribution is 2.25. The predicted molar refractivity (Wildman–Crippen MR) is 109 cm³/mol. The number of carbonyl (C=O) groups excluding carboxylic acids is 1. The lowest BCUT2D eigenvalue weighted by atomic mass is 9.89. The number of rotatable bonds is 5. The predicted octanol–water partition coefficient (Wildman–Crippen LogP) is 4.97. The fourth-order valence-electron chi connectivity index (χ4n) is 3.80. The minimum absolute atomic E-state index is 0.0214. The molecule has 1 N–H and O–H groups in total. The van der Waals surface area contributed by atoms with Crippen LogP contribution < -0.4 is 10.1 Å². The van der Waals surface area contributed by atoms with Gasteiger partial charge in [-0.2, -0.15) is 0 Å². The van der Waals surface area contributed by atoms with E-state index < -0.39 is 0 Å². The van der Waals surface area contributed by atoms with Gasteiger partial charge in [-0.1, -0.05) is 48.5 Å². The molecular weight excluding hydrogens is 334 g/mol. The first-order chi connectivity index (χ1) is 13.2. The molecule has 27 heavy (non-hydrogen) atoms. The lowest BCUT2D eigenvalue weighted by Crippen LogP contribution is -2.31. The van der Waals surface area contributed by atoms with Crippen molar-refractivity contribution >= 4 is 16.7 Å². The first-order valence-electron chi connectivity index (χ1n) is 9.72. The molecule has 0 radical (unpaired) electrons. The van der Waals surface area contributed by atoms with Crippen LogP contribution in [0.1, 0.15) is 42.5 Å². The van der Waals surface area contributed by atoms with Crippen LogP contribution in [-0.4, -0.2) is 12.5 Å². The summed E-state index contributed by atoms with van der Waals surface area (Å²) in [7, 11) is 0. The van der Waals surface area contributed by atoms with Crippen molar-refractivity contribution in [1.82, 2.24) is 5.32 Å². The van der Waals surface area contributed by atoms with Crippen molar-refractivity contribution in [3.8, 4) is 5.75 Å². The molecule has 0 bridgehead atoms. The van der Waals surface area contributed by atoms with E-state index in [1.165, 1.54) is 30.4 Å². The smallest absolute Gasteiger partial charge is 0.258 e. The Bertz CT molecular complexity index is 964. The van der Waals surface area contributed by atoms with Crippen molar-refractivity contribution in [3.05, 3.63) is 77.4 Å². The first kappa shape index (κ1) is 17.6. The summed E-state index contributed by atoms with van der Waals surface area (Å²) in [4.78, 5) is 12.3. The molecule has 1 aliphatic rings. The van der Waals surface area contributed by atoms with E-state index in [-0.39, 0.29) is 18.6 Å². The second-order valence-corrected chi connectivity index (χ2v) is 7.32. The summed E-state index contributed by atoms with van der Waals surface area (Å²) in [6, 6.07) is 20.6. The van der Waals surface area contributed by atoms with E-state index in [2.05, 4.69) is 29.6 Å². The summed E-state index contributed by atoms with van der Waals surface area (Å²) in [5.41, 5.74) is 4.06. The van der Waals surface area contributed by atoms with Crippen LogP contribution in [0.25, 0.3) is 10.8 Å². The number of amides is 1. The molecule has 1 amide bonds. The fraction of sp³-hybridized carbons (Fsp3) is 0.292. The Kier molecular flexibility index (Phi) is 5.10. The molecule has 0 saturated heterocycles. The standard InChI is InChI=1S/C24H25NO2/c1-17(20-11-10-18-6-2-4-8-21(18)14-20)25-24(26)16-27-23-13-12-19-7-3-5-9-22(19)15-23/h3,5,7,9-15,17H,2,4,6,8,16H2,1H3,(H,25,26)/t17-/m0/s1. The van der Waals surface area contributed by atoms with E-state index in [1.807, 2.05) is 43.3 Å². The lowest BCUT2D eigenvalue weighted by Gasteiger charge is -2.20. The molecule has 3 heteroatoms. The van der Waals surface area contributed by atoms with E-state index in [4.69, 9.17) is 4.74 Å². The van der Waals surface area contributed by atoms with E-state index in [0.29, 0.717) is 5.75 Å². The first-order valence-corrected chi connectivity index (χ1v) is 9.72. The number of hydrogen-bond donors (Lipinski definition) is 1. The van der Waals surface area contributed by atoms with Gasteiger partial charge in [0.05, 0.1) is 6.04 Å². The zero-order chi connectivity index (χ0) is 18.6. The monoisotopic (exact) mass is 359 g/mol. The van der Waals surface area contributed by atoms with Crippen LogP contribution in [0.5, 0.6) is 5.75 Å². The van der Waals surface area contributed by atoms with Crippen molar-refractivity contribution in [3.63, 3.8) is 0 Å². The number of nitrogens with one attached hydrogen (secondary N) is 1. The number of benzene rings is 3. The minimum atomic E-state index is -0.103. The quantitative estimate of drug-likeness (QED) is 0.698. The SMILES string of the molecule is C[C@H](NC(=O)COc1ccc2ccccc2c1)c1ccc2c(c1)CCCC2. The maximum absolute atomic E-state index is 12.3. The van der Waals surface area contributed by atoms with Crippen LogP contribution in [-0.2, 0) is 17.6 Å². The number of carbonyl (C=O) groups is 1. The summed E-state index contributed by atoms with van der Waals surface area (Å²) in [5.74, 6) is 0.610. The molecule has 3 nitrogen and oxygen atoms in total. The van der Waals surface area contributed by atoms with Crippen LogP contribution >= 0.6 is 0 Å². The van der Waals surface area contributed by atoms with E-state index in [1.54, 1.807) is 0 Å². The Morgan fingerprint density at radius 3 is 2.59 bits per heavy atom. The van der Waals surface area contributed by atoms with Gasteiger partial charge in [-0.15, -0.1) is 0 Å². The topological polar surface area (TPSA) is 38.3 Å². The second-order valence-electron chi connectivity index (χ2n) is 7.32. The zero-order valence-corrected chi connectivity index (χ0v) is 15.7. The summed E-state index contributed by atoms with van der Waals surface area (Å²) >= 11 is 0. The van der Waals surface area contributed by atoms with Crippen molar-refractivity contribution < 1.29 is 9.53 Å². The largest absolute Gasteiger partial charge is 0.484 e. The van der Waals surface area contributed by atoms with E-state index >= 15 is 0 Å². The molecule has 0 aliphatic heterocycles. The normalized spacial score (nSPS) is 14.4. The second kappa shape index (κ2) is 7.83. The number of hydrogen-bond acceptors (Lipinski definition) is 2. The lowest BCUT2D eigenvalue weighted by molar-refractivity contribution is -0.123. The molecule has 3 aromatic rings. The number of ether oxygens (including phenoxy) is 1. The maximum Gasteiger partial charge on any atom is 0.258 e.